The summed E-state index contributed by atoms with van der Waals surface area (Å²) in [5.41, 5.74) is 0. The van der Waals surface area contributed by atoms with E-state index in [9.17, 15) is 9.59 Å². The lowest BCUT2D eigenvalue weighted by Gasteiger charge is -2.35. The van der Waals surface area contributed by atoms with Crippen molar-refractivity contribution in [1.29, 1.82) is 0 Å². The van der Waals surface area contributed by atoms with Gasteiger partial charge in [-0.15, -0.1) is 0 Å². The summed E-state index contributed by atoms with van der Waals surface area (Å²) in [4.78, 5) is 26.5. The van der Waals surface area contributed by atoms with Crippen molar-refractivity contribution >= 4 is 12.0 Å². The highest BCUT2D eigenvalue weighted by molar-refractivity contribution is 5.77. The molecule has 0 spiro atoms. The molecule has 0 bridgehead atoms. The summed E-state index contributed by atoms with van der Waals surface area (Å²) in [6, 6.07) is 0.236. The molecule has 0 aromatic carbocycles. The van der Waals surface area contributed by atoms with Crippen LogP contribution in [0.25, 0.3) is 0 Å². The van der Waals surface area contributed by atoms with E-state index in [2.05, 4.69) is 0 Å². The van der Waals surface area contributed by atoms with Gasteiger partial charge in [-0.3, -0.25) is 0 Å². The third-order valence-electron chi connectivity index (χ3n) is 3.79. The minimum absolute atomic E-state index is 0.0727. The van der Waals surface area contributed by atoms with Gasteiger partial charge in [-0.1, -0.05) is 12.8 Å². The van der Waals surface area contributed by atoms with E-state index in [1.165, 1.54) is 12.8 Å². The monoisotopic (exact) mass is 256 g/mol. The number of carboxylic acid groups (broad SMARTS) is 1. The van der Waals surface area contributed by atoms with Crippen LogP contribution in [-0.4, -0.2) is 65.8 Å². The molecule has 1 N–H and O–H groups in total. The summed E-state index contributed by atoms with van der Waals surface area (Å²) >= 11 is 0. The third kappa shape index (κ3) is 2.75. The van der Waals surface area contributed by atoms with Crippen LogP contribution < -0.4 is 0 Å². The second-order valence-corrected chi connectivity index (χ2v) is 4.98. The van der Waals surface area contributed by atoms with E-state index in [4.69, 9.17) is 9.84 Å². The van der Waals surface area contributed by atoms with Gasteiger partial charge >= 0.3 is 12.0 Å². The maximum Gasteiger partial charge on any atom is 0.334 e. The van der Waals surface area contributed by atoms with Crippen molar-refractivity contribution in [1.82, 2.24) is 9.80 Å². The SMILES string of the molecule is CN(C(=O)N1CCOC(C(=O)O)C1)C1CCCC1. The molecule has 2 amide bonds. The second kappa shape index (κ2) is 5.56. The molecule has 6 nitrogen and oxygen atoms in total. The summed E-state index contributed by atoms with van der Waals surface area (Å²) < 4.78 is 5.11. The Hall–Kier alpha value is -1.30. The summed E-state index contributed by atoms with van der Waals surface area (Å²) in [5.74, 6) is -1.00. The minimum atomic E-state index is -1.00. The molecule has 1 heterocycles. The number of morpholine rings is 1. The van der Waals surface area contributed by atoms with Crippen molar-refractivity contribution in [2.45, 2.75) is 37.8 Å². The summed E-state index contributed by atoms with van der Waals surface area (Å²) in [7, 11) is 1.81. The number of aliphatic carboxylic acids is 1. The van der Waals surface area contributed by atoms with E-state index >= 15 is 0 Å². The van der Waals surface area contributed by atoms with Gasteiger partial charge in [0.15, 0.2) is 6.10 Å². The van der Waals surface area contributed by atoms with E-state index in [1.807, 2.05) is 7.05 Å². The maximum absolute atomic E-state index is 12.3. The Bertz CT molecular complexity index is 328. The molecular weight excluding hydrogens is 236 g/mol. The number of urea groups is 1. The first-order valence-corrected chi connectivity index (χ1v) is 6.45. The molecule has 18 heavy (non-hydrogen) atoms. The number of carbonyl (C=O) groups is 2. The number of hydrogen-bond acceptors (Lipinski definition) is 3. The first-order valence-electron chi connectivity index (χ1n) is 6.45. The summed E-state index contributed by atoms with van der Waals surface area (Å²) in [6.45, 7) is 0.909. The molecule has 0 aromatic rings. The van der Waals surface area contributed by atoms with Crippen molar-refractivity contribution in [3.05, 3.63) is 0 Å². The van der Waals surface area contributed by atoms with Crippen molar-refractivity contribution < 1.29 is 19.4 Å². The predicted octanol–water partition coefficient (Wildman–Crippen LogP) is 0.766. The topological polar surface area (TPSA) is 70.1 Å². The fourth-order valence-corrected chi connectivity index (χ4v) is 2.64. The molecule has 1 aliphatic heterocycles. The quantitative estimate of drug-likeness (QED) is 0.792. The first kappa shape index (κ1) is 13.1. The number of carbonyl (C=O) groups excluding carboxylic acids is 1. The van der Waals surface area contributed by atoms with Gasteiger partial charge in [-0.25, -0.2) is 9.59 Å². The number of ether oxygens (including phenoxy) is 1. The van der Waals surface area contributed by atoms with Crippen LogP contribution in [0.15, 0.2) is 0 Å². The minimum Gasteiger partial charge on any atom is -0.479 e. The molecule has 1 atom stereocenters. The third-order valence-corrected chi connectivity index (χ3v) is 3.79. The highest BCUT2D eigenvalue weighted by atomic mass is 16.5. The zero-order valence-corrected chi connectivity index (χ0v) is 10.7. The molecular formula is C12H20N2O4. The van der Waals surface area contributed by atoms with Gasteiger partial charge < -0.3 is 19.6 Å². The summed E-state index contributed by atoms with van der Waals surface area (Å²) in [6.07, 6.45) is 3.55. The molecule has 1 saturated heterocycles. The lowest BCUT2D eigenvalue weighted by atomic mass is 10.2. The van der Waals surface area contributed by atoms with E-state index in [0.29, 0.717) is 19.2 Å². The van der Waals surface area contributed by atoms with Crippen LogP contribution in [0.1, 0.15) is 25.7 Å². The highest BCUT2D eigenvalue weighted by Crippen LogP contribution is 2.23. The van der Waals surface area contributed by atoms with Gasteiger partial charge in [0.25, 0.3) is 0 Å². The van der Waals surface area contributed by atoms with E-state index in [0.717, 1.165) is 12.8 Å². The fourth-order valence-electron chi connectivity index (χ4n) is 2.64. The van der Waals surface area contributed by atoms with Crippen LogP contribution in [0.5, 0.6) is 0 Å². The van der Waals surface area contributed by atoms with Crippen LogP contribution in [0.3, 0.4) is 0 Å². The Morgan fingerprint density at radius 3 is 2.61 bits per heavy atom. The lowest BCUT2D eigenvalue weighted by molar-refractivity contribution is -0.154. The molecule has 1 aliphatic carbocycles. The van der Waals surface area contributed by atoms with Crippen molar-refractivity contribution in [2.24, 2.45) is 0 Å². The normalized spacial score (nSPS) is 25.2. The van der Waals surface area contributed by atoms with Crippen LogP contribution in [0, 0.1) is 0 Å². The molecule has 1 unspecified atom stereocenters. The number of nitrogens with zero attached hydrogens (tertiary/aromatic N) is 2. The highest BCUT2D eigenvalue weighted by Gasteiger charge is 2.32. The van der Waals surface area contributed by atoms with Crippen molar-refractivity contribution in [2.75, 3.05) is 26.7 Å². The van der Waals surface area contributed by atoms with Crippen LogP contribution >= 0.6 is 0 Å². The Kier molecular flexibility index (Phi) is 4.06. The molecule has 0 aromatic heterocycles. The van der Waals surface area contributed by atoms with E-state index in [1.54, 1.807) is 9.80 Å². The number of carboxylic acids is 1. The molecule has 2 aliphatic rings. The second-order valence-electron chi connectivity index (χ2n) is 4.98. The maximum atomic E-state index is 12.3. The molecule has 2 fully saturated rings. The van der Waals surface area contributed by atoms with Gasteiger partial charge in [0.1, 0.15) is 0 Å². The first-order chi connectivity index (χ1) is 8.59. The van der Waals surface area contributed by atoms with Crippen molar-refractivity contribution in [3.8, 4) is 0 Å². The molecule has 0 radical (unpaired) electrons. The average Bonchev–Trinajstić information content (AvgIpc) is 2.91. The Morgan fingerprint density at radius 1 is 1.33 bits per heavy atom. The summed E-state index contributed by atoms with van der Waals surface area (Å²) in [5, 5.41) is 8.91. The van der Waals surface area contributed by atoms with E-state index < -0.39 is 12.1 Å². The standard InChI is InChI=1S/C12H20N2O4/c1-13(9-4-2-3-5-9)12(17)14-6-7-18-10(8-14)11(15)16/h9-10H,2-8H2,1H3,(H,15,16). The lowest BCUT2D eigenvalue weighted by Crippen LogP contribution is -2.53. The smallest absolute Gasteiger partial charge is 0.334 e. The van der Waals surface area contributed by atoms with Crippen LogP contribution in [0.4, 0.5) is 4.79 Å². The molecule has 102 valence electrons. The largest absolute Gasteiger partial charge is 0.479 e. The van der Waals surface area contributed by atoms with E-state index in [-0.39, 0.29) is 12.6 Å². The zero-order chi connectivity index (χ0) is 13.1. The van der Waals surface area contributed by atoms with Gasteiger partial charge in [0, 0.05) is 19.6 Å². The van der Waals surface area contributed by atoms with Crippen molar-refractivity contribution in [3.63, 3.8) is 0 Å². The molecule has 2 rings (SSSR count). The average molecular weight is 256 g/mol. The fraction of sp³-hybridized carbons (Fsp3) is 0.833. The zero-order valence-electron chi connectivity index (χ0n) is 10.7. The van der Waals surface area contributed by atoms with Crippen LogP contribution in [0.2, 0.25) is 0 Å². The Balaban J connectivity index is 1.93. The van der Waals surface area contributed by atoms with Crippen LogP contribution in [-0.2, 0) is 9.53 Å². The molecule has 6 heteroatoms. The number of amides is 2. The van der Waals surface area contributed by atoms with Gasteiger partial charge in [0.05, 0.1) is 13.2 Å². The number of rotatable bonds is 2. The molecule has 1 saturated carbocycles. The Labute approximate surface area is 106 Å². The van der Waals surface area contributed by atoms with Gasteiger partial charge in [0.2, 0.25) is 0 Å². The predicted molar refractivity (Wildman–Crippen MR) is 64.4 cm³/mol. The Morgan fingerprint density at radius 2 is 2.00 bits per heavy atom. The van der Waals surface area contributed by atoms with Gasteiger partial charge in [-0.05, 0) is 12.8 Å². The number of hydrogen-bond donors (Lipinski definition) is 1. The van der Waals surface area contributed by atoms with Gasteiger partial charge in [-0.2, -0.15) is 0 Å².